The Morgan fingerprint density at radius 1 is 1.35 bits per heavy atom. The SMILES string of the molecule is COC(CN)CC(=O)Nc1cccc(-n2cccc2)c1. The number of carbonyl (C=O) groups is 1. The highest BCUT2D eigenvalue weighted by Gasteiger charge is 2.11. The van der Waals surface area contributed by atoms with Crippen LogP contribution in [-0.2, 0) is 9.53 Å². The lowest BCUT2D eigenvalue weighted by atomic mass is 10.2. The Hall–Kier alpha value is -2.11. The van der Waals surface area contributed by atoms with E-state index >= 15 is 0 Å². The van der Waals surface area contributed by atoms with Gasteiger partial charge >= 0.3 is 0 Å². The second-order valence-corrected chi connectivity index (χ2v) is 4.49. The minimum absolute atomic E-state index is 0.105. The lowest BCUT2D eigenvalue weighted by Crippen LogP contribution is -2.28. The topological polar surface area (TPSA) is 69.3 Å². The zero-order valence-corrected chi connectivity index (χ0v) is 11.5. The molecule has 0 bridgehead atoms. The van der Waals surface area contributed by atoms with Crippen LogP contribution in [0.4, 0.5) is 5.69 Å². The lowest BCUT2D eigenvalue weighted by Gasteiger charge is -2.13. The first-order valence-corrected chi connectivity index (χ1v) is 6.49. The fourth-order valence-corrected chi connectivity index (χ4v) is 1.93. The zero-order chi connectivity index (χ0) is 14.4. The summed E-state index contributed by atoms with van der Waals surface area (Å²) in [6.45, 7) is 0.327. The molecule has 0 aliphatic carbocycles. The van der Waals surface area contributed by atoms with E-state index in [1.807, 2.05) is 53.4 Å². The van der Waals surface area contributed by atoms with Crippen LogP contribution in [-0.4, -0.2) is 30.2 Å². The monoisotopic (exact) mass is 273 g/mol. The van der Waals surface area contributed by atoms with Crippen LogP contribution < -0.4 is 11.1 Å². The quantitative estimate of drug-likeness (QED) is 0.843. The number of amides is 1. The maximum atomic E-state index is 11.9. The number of methoxy groups -OCH3 is 1. The van der Waals surface area contributed by atoms with E-state index in [9.17, 15) is 4.79 Å². The average Bonchev–Trinajstić information content (AvgIpc) is 2.99. The van der Waals surface area contributed by atoms with Gasteiger partial charge in [0.2, 0.25) is 5.91 Å². The Morgan fingerprint density at radius 3 is 2.75 bits per heavy atom. The van der Waals surface area contributed by atoms with Crippen molar-refractivity contribution in [2.45, 2.75) is 12.5 Å². The van der Waals surface area contributed by atoms with Gasteiger partial charge in [0.25, 0.3) is 0 Å². The molecule has 1 aromatic heterocycles. The summed E-state index contributed by atoms with van der Waals surface area (Å²) in [6, 6.07) is 11.6. The average molecular weight is 273 g/mol. The third kappa shape index (κ3) is 3.69. The number of ether oxygens (including phenoxy) is 1. The number of nitrogens with one attached hydrogen (secondary N) is 1. The van der Waals surface area contributed by atoms with Crippen LogP contribution in [0.15, 0.2) is 48.8 Å². The number of rotatable bonds is 6. The van der Waals surface area contributed by atoms with Crippen LogP contribution in [0.2, 0.25) is 0 Å². The van der Waals surface area contributed by atoms with Crippen LogP contribution in [0.25, 0.3) is 5.69 Å². The minimum Gasteiger partial charge on any atom is -0.380 e. The van der Waals surface area contributed by atoms with Gasteiger partial charge in [0.05, 0.1) is 12.5 Å². The summed E-state index contributed by atoms with van der Waals surface area (Å²) in [5.74, 6) is -0.105. The fourth-order valence-electron chi connectivity index (χ4n) is 1.93. The highest BCUT2D eigenvalue weighted by atomic mass is 16.5. The Morgan fingerprint density at radius 2 is 2.10 bits per heavy atom. The molecular weight excluding hydrogens is 254 g/mol. The third-order valence-electron chi connectivity index (χ3n) is 3.04. The van der Waals surface area contributed by atoms with Crippen LogP contribution >= 0.6 is 0 Å². The molecule has 0 fully saturated rings. The number of anilines is 1. The molecule has 106 valence electrons. The Labute approximate surface area is 118 Å². The number of nitrogens with zero attached hydrogens (tertiary/aromatic N) is 1. The van der Waals surface area contributed by atoms with Gasteiger partial charge in [-0.1, -0.05) is 6.07 Å². The lowest BCUT2D eigenvalue weighted by molar-refractivity contribution is -0.118. The summed E-state index contributed by atoms with van der Waals surface area (Å²) >= 11 is 0. The maximum Gasteiger partial charge on any atom is 0.227 e. The van der Waals surface area contributed by atoms with Crippen molar-refractivity contribution in [2.24, 2.45) is 5.73 Å². The molecule has 1 atom stereocenters. The van der Waals surface area contributed by atoms with Crippen molar-refractivity contribution in [3.05, 3.63) is 48.8 Å². The molecule has 1 aromatic carbocycles. The van der Waals surface area contributed by atoms with Crippen molar-refractivity contribution in [1.82, 2.24) is 4.57 Å². The molecule has 0 saturated heterocycles. The second kappa shape index (κ2) is 6.88. The number of hydrogen-bond donors (Lipinski definition) is 2. The van der Waals surface area contributed by atoms with Crippen LogP contribution in [0.1, 0.15) is 6.42 Å². The standard InChI is InChI=1S/C15H19N3O2/c1-20-14(11-16)10-15(19)17-12-5-4-6-13(9-12)18-7-2-3-8-18/h2-9,14H,10-11,16H2,1H3,(H,17,19). The van der Waals surface area contributed by atoms with Gasteiger partial charge in [0, 0.05) is 37.4 Å². The predicted molar refractivity (Wildman–Crippen MR) is 78.9 cm³/mol. The number of nitrogens with two attached hydrogens (primary N) is 1. The molecule has 5 heteroatoms. The molecule has 0 saturated carbocycles. The Balaban J connectivity index is 2.03. The van der Waals surface area contributed by atoms with Crippen molar-refractivity contribution >= 4 is 11.6 Å². The van der Waals surface area contributed by atoms with Gasteiger partial charge in [0.1, 0.15) is 0 Å². The molecule has 0 radical (unpaired) electrons. The van der Waals surface area contributed by atoms with Gasteiger partial charge in [-0.25, -0.2) is 0 Å². The highest BCUT2D eigenvalue weighted by molar-refractivity contribution is 5.91. The third-order valence-corrected chi connectivity index (χ3v) is 3.04. The first-order chi connectivity index (χ1) is 9.72. The zero-order valence-electron chi connectivity index (χ0n) is 11.5. The van der Waals surface area contributed by atoms with Gasteiger partial charge in [-0.3, -0.25) is 4.79 Å². The Kier molecular flexibility index (Phi) is 4.92. The number of hydrogen-bond acceptors (Lipinski definition) is 3. The first-order valence-electron chi connectivity index (χ1n) is 6.49. The minimum atomic E-state index is -0.248. The van der Waals surface area contributed by atoms with E-state index in [4.69, 9.17) is 10.5 Å². The largest absolute Gasteiger partial charge is 0.380 e. The normalized spacial score (nSPS) is 12.1. The van der Waals surface area contributed by atoms with E-state index in [-0.39, 0.29) is 18.4 Å². The van der Waals surface area contributed by atoms with E-state index in [0.29, 0.717) is 6.54 Å². The van der Waals surface area contributed by atoms with Gasteiger partial charge < -0.3 is 20.4 Å². The molecule has 3 N–H and O–H groups in total. The highest BCUT2D eigenvalue weighted by Crippen LogP contribution is 2.15. The molecule has 2 rings (SSSR count). The molecule has 5 nitrogen and oxygen atoms in total. The van der Waals surface area contributed by atoms with Crippen molar-refractivity contribution in [3.63, 3.8) is 0 Å². The van der Waals surface area contributed by atoms with Crippen molar-refractivity contribution in [1.29, 1.82) is 0 Å². The molecule has 0 spiro atoms. The summed E-state index contributed by atoms with van der Waals surface area (Å²) in [5, 5.41) is 2.86. The summed E-state index contributed by atoms with van der Waals surface area (Å²) in [6.07, 6.45) is 3.91. The predicted octanol–water partition coefficient (Wildman–Crippen LogP) is 1.78. The van der Waals surface area contributed by atoms with Gasteiger partial charge in [-0.2, -0.15) is 0 Å². The van der Waals surface area contributed by atoms with Crippen LogP contribution in [0.3, 0.4) is 0 Å². The smallest absolute Gasteiger partial charge is 0.227 e. The van der Waals surface area contributed by atoms with Crippen LogP contribution in [0.5, 0.6) is 0 Å². The number of benzene rings is 1. The molecule has 1 heterocycles. The molecule has 20 heavy (non-hydrogen) atoms. The van der Waals surface area contributed by atoms with Gasteiger partial charge in [-0.05, 0) is 30.3 Å². The van der Waals surface area contributed by atoms with E-state index in [2.05, 4.69) is 5.32 Å². The molecule has 1 unspecified atom stereocenters. The molecule has 1 amide bonds. The molecule has 2 aromatic rings. The van der Waals surface area contributed by atoms with Crippen molar-refractivity contribution in [2.75, 3.05) is 19.0 Å². The van der Waals surface area contributed by atoms with Crippen molar-refractivity contribution < 1.29 is 9.53 Å². The van der Waals surface area contributed by atoms with Gasteiger partial charge in [0.15, 0.2) is 0 Å². The van der Waals surface area contributed by atoms with E-state index < -0.39 is 0 Å². The maximum absolute atomic E-state index is 11.9. The van der Waals surface area contributed by atoms with Gasteiger partial charge in [-0.15, -0.1) is 0 Å². The summed E-state index contributed by atoms with van der Waals surface area (Å²) in [4.78, 5) is 11.9. The summed E-state index contributed by atoms with van der Waals surface area (Å²) in [7, 11) is 1.55. The fraction of sp³-hybridized carbons (Fsp3) is 0.267. The first kappa shape index (κ1) is 14.3. The molecule has 0 aliphatic rings. The molecule has 0 aliphatic heterocycles. The second-order valence-electron chi connectivity index (χ2n) is 4.49. The van der Waals surface area contributed by atoms with Crippen LogP contribution in [0, 0.1) is 0 Å². The van der Waals surface area contributed by atoms with E-state index in [1.54, 1.807) is 7.11 Å². The Bertz CT molecular complexity index is 548. The summed E-state index contributed by atoms with van der Waals surface area (Å²) < 4.78 is 7.08. The molecular formula is C15H19N3O2. The van der Waals surface area contributed by atoms with Crippen molar-refractivity contribution in [3.8, 4) is 5.69 Å². The van der Waals surface area contributed by atoms with E-state index in [1.165, 1.54) is 0 Å². The number of aromatic nitrogens is 1. The number of carbonyl (C=O) groups excluding carboxylic acids is 1. The van der Waals surface area contributed by atoms with E-state index in [0.717, 1.165) is 11.4 Å². The summed E-state index contributed by atoms with van der Waals surface area (Å²) in [5.41, 5.74) is 7.26.